The van der Waals surface area contributed by atoms with Gasteiger partial charge in [-0.2, -0.15) is 0 Å². The first-order chi connectivity index (χ1) is 16.0. The van der Waals surface area contributed by atoms with Crippen LogP contribution >= 0.6 is 0 Å². The first kappa shape index (κ1) is 22.5. The van der Waals surface area contributed by atoms with E-state index in [9.17, 15) is 4.79 Å². The molecule has 33 heavy (non-hydrogen) atoms. The lowest BCUT2D eigenvalue weighted by Gasteiger charge is -2.52. The van der Waals surface area contributed by atoms with Crippen molar-refractivity contribution in [2.45, 2.75) is 64.1 Å². The molecule has 2 unspecified atom stereocenters. The highest BCUT2D eigenvalue weighted by Gasteiger charge is 2.68. The van der Waals surface area contributed by atoms with Crippen molar-refractivity contribution in [1.82, 2.24) is 0 Å². The fraction of sp³-hybridized carbons (Fsp3) is 0.552. The van der Waals surface area contributed by atoms with Crippen molar-refractivity contribution in [3.05, 3.63) is 65.2 Å². The van der Waals surface area contributed by atoms with Gasteiger partial charge in [0.05, 0.1) is 18.8 Å². The van der Waals surface area contributed by atoms with Crippen molar-refractivity contribution in [1.29, 1.82) is 0 Å². The van der Waals surface area contributed by atoms with Crippen LogP contribution in [-0.2, 0) is 15.9 Å². The first-order valence-corrected chi connectivity index (χ1v) is 12.5. The van der Waals surface area contributed by atoms with E-state index in [1.165, 1.54) is 11.1 Å². The average molecular weight is 449 g/mol. The Morgan fingerprint density at radius 2 is 1.94 bits per heavy atom. The van der Waals surface area contributed by atoms with Crippen LogP contribution in [0.4, 0.5) is 0 Å². The van der Waals surface area contributed by atoms with Crippen LogP contribution < -0.4 is 4.74 Å². The van der Waals surface area contributed by atoms with Crippen LogP contribution in [0.15, 0.2) is 48.5 Å². The van der Waals surface area contributed by atoms with Crippen LogP contribution in [0.5, 0.6) is 5.75 Å². The predicted molar refractivity (Wildman–Crippen MR) is 129 cm³/mol. The minimum atomic E-state index is -0.209. The fourth-order valence-corrected chi connectivity index (χ4v) is 7.34. The summed E-state index contributed by atoms with van der Waals surface area (Å²) in [5.41, 5.74) is 3.71. The second-order valence-corrected chi connectivity index (χ2v) is 10.3. The highest BCUT2D eigenvalue weighted by Crippen LogP contribution is 2.70. The summed E-state index contributed by atoms with van der Waals surface area (Å²) in [5, 5.41) is 0. The summed E-state index contributed by atoms with van der Waals surface area (Å²) in [7, 11) is 3.60. The molecule has 1 spiro atoms. The summed E-state index contributed by atoms with van der Waals surface area (Å²) in [5.74, 6) is 2.51. The molecule has 4 heteroatoms. The average Bonchev–Trinajstić information content (AvgIpc) is 3.60. The van der Waals surface area contributed by atoms with Crippen LogP contribution in [0.1, 0.15) is 66.9 Å². The van der Waals surface area contributed by atoms with Gasteiger partial charge >= 0.3 is 5.97 Å². The van der Waals surface area contributed by atoms with Crippen molar-refractivity contribution in [3.8, 4) is 5.75 Å². The number of esters is 1. The van der Waals surface area contributed by atoms with E-state index in [0.29, 0.717) is 35.3 Å². The number of benzene rings is 2. The molecule has 2 fully saturated rings. The third kappa shape index (κ3) is 3.67. The summed E-state index contributed by atoms with van der Waals surface area (Å²) in [6.07, 6.45) is 5.54. The Labute approximate surface area is 197 Å². The Morgan fingerprint density at radius 3 is 2.61 bits per heavy atom. The van der Waals surface area contributed by atoms with Gasteiger partial charge in [-0.3, -0.25) is 0 Å². The summed E-state index contributed by atoms with van der Waals surface area (Å²) >= 11 is 0. The normalized spacial score (nSPS) is 33.0. The second kappa shape index (κ2) is 8.79. The highest BCUT2D eigenvalue weighted by atomic mass is 16.5. The Bertz CT molecular complexity index is 1000. The zero-order valence-corrected chi connectivity index (χ0v) is 20.3. The largest absolute Gasteiger partial charge is 0.497 e. The minimum Gasteiger partial charge on any atom is -0.497 e. The number of carbonyl (C=O) groups excluding carboxylic acids is 1. The van der Waals surface area contributed by atoms with Crippen molar-refractivity contribution >= 4 is 5.97 Å². The zero-order chi connectivity index (χ0) is 23.2. The summed E-state index contributed by atoms with van der Waals surface area (Å²) < 4.78 is 17.7. The van der Waals surface area contributed by atoms with E-state index in [0.717, 1.165) is 37.9 Å². The van der Waals surface area contributed by atoms with Gasteiger partial charge in [0.15, 0.2) is 0 Å². The van der Waals surface area contributed by atoms with E-state index in [1.54, 1.807) is 7.11 Å². The standard InChI is InChI=1S/C29H36O4/c1-5-25(33-28(30)19-9-7-6-8-10-19)23-15-18(2)29(17-26(29)32-4)24-14-11-20-16-21(31-3)12-13-22(20)27(23)24/h6-10,12-13,16,18,23-27H,5,11,14-15,17H2,1-4H3/t18-,23+,24+,25?,26?,27-,29-/m1/s1. The maximum Gasteiger partial charge on any atom is 0.338 e. The molecule has 0 heterocycles. The van der Waals surface area contributed by atoms with Gasteiger partial charge < -0.3 is 14.2 Å². The molecular formula is C29H36O4. The van der Waals surface area contributed by atoms with Crippen LogP contribution in [0.3, 0.4) is 0 Å². The lowest BCUT2D eigenvalue weighted by atomic mass is 9.53. The molecule has 0 aliphatic heterocycles. The third-order valence-electron chi connectivity index (χ3n) is 8.97. The second-order valence-electron chi connectivity index (χ2n) is 10.3. The molecule has 176 valence electrons. The van der Waals surface area contributed by atoms with E-state index in [4.69, 9.17) is 14.2 Å². The molecule has 0 amide bonds. The van der Waals surface area contributed by atoms with E-state index < -0.39 is 0 Å². The van der Waals surface area contributed by atoms with Gasteiger partial charge in [-0.15, -0.1) is 0 Å². The van der Waals surface area contributed by atoms with E-state index in [2.05, 4.69) is 32.0 Å². The molecule has 4 nitrogen and oxygen atoms in total. The number of aryl methyl sites for hydroxylation is 1. The van der Waals surface area contributed by atoms with Gasteiger partial charge in [-0.25, -0.2) is 4.79 Å². The van der Waals surface area contributed by atoms with Gasteiger partial charge in [0.25, 0.3) is 0 Å². The Morgan fingerprint density at radius 1 is 1.15 bits per heavy atom. The topological polar surface area (TPSA) is 44.8 Å². The first-order valence-electron chi connectivity index (χ1n) is 12.5. The maximum atomic E-state index is 13.0. The fourth-order valence-electron chi connectivity index (χ4n) is 7.34. The van der Waals surface area contributed by atoms with Crippen LogP contribution in [0, 0.1) is 23.2 Å². The molecule has 0 aromatic heterocycles. The number of fused-ring (bicyclic) bond motifs is 4. The Kier molecular flexibility index (Phi) is 5.98. The van der Waals surface area contributed by atoms with Crippen molar-refractivity contribution in [2.24, 2.45) is 23.2 Å². The number of hydrogen-bond acceptors (Lipinski definition) is 4. The third-order valence-corrected chi connectivity index (χ3v) is 8.97. The monoisotopic (exact) mass is 448 g/mol. The minimum absolute atomic E-state index is 0.0993. The number of hydrogen-bond donors (Lipinski definition) is 0. The molecule has 0 bridgehead atoms. The number of methoxy groups -OCH3 is 2. The van der Waals surface area contributed by atoms with Crippen LogP contribution in [0.2, 0.25) is 0 Å². The van der Waals surface area contributed by atoms with Crippen LogP contribution in [-0.4, -0.2) is 32.4 Å². The van der Waals surface area contributed by atoms with E-state index in [1.807, 2.05) is 37.4 Å². The molecule has 3 aliphatic carbocycles. The summed E-state index contributed by atoms with van der Waals surface area (Å²) in [6.45, 7) is 4.55. The van der Waals surface area contributed by atoms with Crippen molar-refractivity contribution in [3.63, 3.8) is 0 Å². The van der Waals surface area contributed by atoms with E-state index >= 15 is 0 Å². The van der Waals surface area contributed by atoms with Gasteiger partial charge in [0.2, 0.25) is 0 Å². The Balaban J connectivity index is 1.51. The summed E-state index contributed by atoms with van der Waals surface area (Å²) in [4.78, 5) is 13.0. The quantitative estimate of drug-likeness (QED) is 0.506. The molecule has 2 saturated carbocycles. The molecule has 5 rings (SSSR count). The molecule has 0 N–H and O–H groups in total. The molecule has 0 radical (unpaired) electrons. The molecule has 0 saturated heterocycles. The van der Waals surface area contributed by atoms with Crippen molar-refractivity contribution in [2.75, 3.05) is 14.2 Å². The van der Waals surface area contributed by atoms with Gasteiger partial charge in [0, 0.05) is 18.4 Å². The lowest BCUT2D eigenvalue weighted by molar-refractivity contribution is -0.0492. The molecule has 2 aromatic carbocycles. The van der Waals surface area contributed by atoms with E-state index in [-0.39, 0.29) is 17.5 Å². The smallest absolute Gasteiger partial charge is 0.338 e. The molecule has 2 aromatic rings. The highest BCUT2D eigenvalue weighted by molar-refractivity contribution is 5.89. The van der Waals surface area contributed by atoms with Crippen molar-refractivity contribution < 1.29 is 19.0 Å². The predicted octanol–water partition coefficient (Wildman–Crippen LogP) is 6.04. The van der Waals surface area contributed by atoms with Gasteiger partial charge in [-0.05, 0) is 85.3 Å². The lowest BCUT2D eigenvalue weighted by Crippen LogP contribution is -2.48. The number of ether oxygens (including phenoxy) is 3. The molecule has 3 aliphatic rings. The number of carbonyl (C=O) groups is 1. The SMILES string of the molecule is CCC(OC(=O)c1ccccc1)[C@@H]1C[C@@H](C)[C@]2(CC2OC)[C@H]2CCc3cc(OC)ccc3[C@H]12. The Hall–Kier alpha value is -2.33. The molecular weight excluding hydrogens is 412 g/mol. The number of rotatable bonds is 6. The summed E-state index contributed by atoms with van der Waals surface area (Å²) in [6, 6.07) is 16.0. The molecule has 7 atom stereocenters. The van der Waals surface area contributed by atoms with Gasteiger partial charge in [-0.1, -0.05) is 38.1 Å². The maximum absolute atomic E-state index is 13.0. The zero-order valence-electron chi connectivity index (χ0n) is 20.3. The van der Waals surface area contributed by atoms with Crippen LogP contribution in [0.25, 0.3) is 0 Å². The van der Waals surface area contributed by atoms with Gasteiger partial charge in [0.1, 0.15) is 11.9 Å².